The zero-order chi connectivity index (χ0) is 21.3. The van der Waals surface area contributed by atoms with E-state index in [4.69, 9.17) is 9.84 Å². The molecule has 0 amide bonds. The predicted octanol–water partition coefficient (Wildman–Crippen LogP) is 4.89. The maximum Gasteiger partial charge on any atom is 0.159 e. The first-order valence-corrected chi connectivity index (χ1v) is 10.4. The molecule has 0 unspecified atom stereocenters. The van der Waals surface area contributed by atoms with Crippen molar-refractivity contribution in [2.75, 3.05) is 7.11 Å². The lowest BCUT2D eigenvalue weighted by Gasteiger charge is -2.36. The van der Waals surface area contributed by atoms with Gasteiger partial charge in [-0.3, -0.25) is 4.79 Å². The SMILES string of the molecule is COc1ccc(-n2ncc3c2CC(C)(C)C[C@H]3NCc2cccc(C(C)=O)c2)cc1. The van der Waals surface area contributed by atoms with Crippen molar-refractivity contribution in [3.63, 3.8) is 0 Å². The van der Waals surface area contributed by atoms with Crippen molar-refractivity contribution in [1.29, 1.82) is 0 Å². The van der Waals surface area contributed by atoms with E-state index in [0.717, 1.165) is 42.0 Å². The Morgan fingerprint density at radius 3 is 2.70 bits per heavy atom. The fourth-order valence-electron chi connectivity index (χ4n) is 4.31. The molecular weight excluding hydrogens is 374 g/mol. The largest absolute Gasteiger partial charge is 0.497 e. The minimum absolute atomic E-state index is 0.0960. The van der Waals surface area contributed by atoms with Crippen LogP contribution in [0, 0.1) is 5.41 Å². The molecule has 0 fully saturated rings. The number of fused-ring (bicyclic) bond motifs is 1. The van der Waals surface area contributed by atoms with Gasteiger partial charge in [0.05, 0.1) is 19.0 Å². The van der Waals surface area contributed by atoms with Crippen molar-refractivity contribution >= 4 is 5.78 Å². The average Bonchev–Trinajstić information content (AvgIpc) is 3.15. The monoisotopic (exact) mass is 403 g/mol. The summed E-state index contributed by atoms with van der Waals surface area (Å²) in [7, 11) is 1.68. The van der Waals surface area contributed by atoms with Gasteiger partial charge in [0.1, 0.15) is 5.75 Å². The van der Waals surface area contributed by atoms with Crippen molar-refractivity contribution in [1.82, 2.24) is 15.1 Å². The molecule has 5 heteroatoms. The summed E-state index contributed by atoms with van der Waals surface area (Å²) in [4.78, 5) is 11.7. The van der Waals surface area contributed by atoms with Gasteiger partial charge in [0.15, 0.2) is 5.78 Å². The Balaban J connectivity index is 1.60. The van der Waals surface area contributed by atoms with E-state index in [1.807, 2.05) is 48.7 Å². The van der Waals surface area contributed by atoms with Gasteiger partial charge in [-0.25, -0.2) is 4.68 Å². The van der Waals surface area contributed by atoms with Gasteiger partial charge in [0.25, 0.3) is 0 Å². The highest BCUT2D eigenvalue weighted by molar-refractivity contribution is 5.94. The van der Waals surface area contributed by atoms with Crippen LogP contribution in [-0.2, 0) is 13.0 Å². The molecule has 1 aromatic heterocycles. The Hall–Kier alpha value is -2.92. The molecule has 2 aromatic carbocycles. The number of methoxy groups -OCH3 is 1. The fourth-order valence-corrected chi connectivity index (χ4v) is 4.31. The number of ether oxygens (including phenoxy) is 1. The van der Waals surface area contributed by atoms with Crippen molar-refractivity contribution in [3.05, 3.63) is 77.1 Å². The van der Waals surface area contributed by atoms with E-state index in [9.17, 15) is 4.79 Å². The van der Waals surface area contributed by atoms with E-state index in [-0.39, 0.29) is 17.2 Å². The van der Waals surface area contributed by atoms with E-state index in [0.29, 0.717) is 0 Å². The number of nitrogens with zero attached hydrogens (tertiary/aromatic N) is 2. The topological polar surface area (TPSA) is 56.1 Å². The first-order valence-electron chi connectivity index (χ1n) is 10.4. The number of hydrogen-bond acceptors (Lipinski definition) is 4. The zero-order valence-corrected chi connectivity index (χ0v) is 18.1. The van der Waals surface area contributed by atoms with Crippen LogP contribution < -0.4 is 10.1 Å². The van der Waals surface area contributed by atoms with Crippen LogP contribution in [0.15, 0.2) is 54.7 Å². The van der Waals surface area contributed by atoms with E-state index in [1.54, 1.807) is 14.0 Å². The lowest BCUT2D eigenvalue weighted by atomic mass is 9.74. The van der Waals surface area contributed by atoms with Gasteiger partial charge in [-0.15, -0.1) is 0 Å². The maximum atomic E-state index is 11.7. The number of nitrogens with one attached hydrogen (secondary N) is 1. The van der Waals surface area contributed by atoms with Crippen LogP contribution in [-0.4, -0.2) is 22.7 Å². The second kappa shape index (κ2) is 8.07. The van der Waals surface area contributed by atoms with Gasteiger partial charge < -0.3 is 10.1 Å². The summed E-state index contributed by atoms with van der Waals surface area (Å²) in [5, 5.41) is 8.44. The van der Waals surface area contributed by atoms with E-state index in [1.165, 1.54) is 11.3 Å². The van der Waals surface area contributed by atoms with Crippen molar-refractivity contribution in [2.24, 2.45) is 5.41 Å². The minimum Gasteiger partial charge on any atom is -0.497 e. The normalized spacial score (nSPS) is 17.4. The summed E-state index contributed by atoms with van der Waals surface area (Å²) in [5.41, 5.74) is 5.60. The molecule has 0 bridgehead atoms. The maximum absolute atomic E-state index is 11.7. The molecule has 0 saturated heterocycles. The van der Waals surface area contributed by atoms with Gasteiger partial charge in [-0.1, -0.05) is 32.0 Å². The summed E-state index contributed by atoms with van der Waals surface area (Å²) in [6, 6.07) is 16.1. The predicted molar refractivity (Wildman–Crippen MR) is 118 cm³/mol. The first kappa shape index (κ1) is 20.4. The van der Waals surface area contributed by atoms with Crippen molar-refractivity contribution < 1.29 is 9.53 Å². The van der Waals surface area contributed by atoms with Gasteiger partial charge in [-0.2, -0.15) is 5.10 Å². The smallest absolute Gasteiger partial charge is 0.159 e. The van der Waals surface area contributed by atoms with Gasteiger partial charge in [0.2, 0.25) is 0 Å². The molecule has 1 N–H and O–H groups in total. The summed E-state index contributed by atoms with van der Waals surface area (Å²) in [5.74, 6) is 0.936. The van der Waals surface area contributed by atoms with Crippen molar-refractivity contribution in [3.8, 4) is 11.4 Å². The molecule has 156 valence electrons. The van der Waals surface area contributed by atoms with Crippen LogP contribution in [0.2, 0.25) is 0 Å². The van der Waals surface area contributed by atoms with Crippen molar-refractivity contribution in [2.45, 2.75) is 46.2 Å². The molecular formula is C25H29N3O2. The lowest BCUT2D eigenvalue weighted by molar-refractivity contribution is 0.101. The molecule has 1 aliphatic rings. The molecule has 0 spiro atoms. The number of ketones is 1. The van der Waals surface area contributed by atoms with Gasteiger partial charge in [-0.05, 0) is 61.1 Å². The zero-order valence-electron chi connectivity index (χ0n) is 18.1. The third-order valence-corrected chi connectivity index (χ3v) is 5.88. The second-order valence-electron chi connectivity index (χ2n) is 8.89. The summed E-state index contributed by atoms with van der Waals surface area (Å²) >= 11 is 0. The third kappa shape index (κ3) is 4.17. The van der Waals surface area contributed by atoms with Crippen LogP contribution in [0.4, 0.5) is 0 Å². The minimum atomic E-state index is 0.0960. The molecule has 4 rings (SSSR count). The fraction of sp³-hybridized carbons (Fsp3) is 0.360. The Morgan fingerprint density at radius 1 is 1.23 bits per heavy atom. The highest BCUT2D eigenvalue weighted by atomic mass is 16.5. The van der Waals surface area contributed by atoms with Crippen LogP contribution >= 0.6 is 0 Å². The number of aromatic nitrogens is 2. The first-order chi connectivity index (χ1) is 14.4. The molecule has 30 heavy (non-hydrogen) atoms. The molecule has 0 saturated carbocycles. The van der Waals surface area contributed by atoms with E-state index >= 15 is 0 Å². The summed E-state index contributed by atoms with van der Waals surface area (Å²) in [6.45, 7) is 6.95. The third-order valence-electron chi connectivity index (χ3n) is 5.88. The number of benzene rings is 2. The molecule has 3 aromatic rings. The summed E-state index contributed by atoms with van der Waals surface area (Å²) < 4.78 is 7.34. The van der Waals surface area contributed by atoms with Crippen LogP contribution in [0.25, 0.3) is 5.69 Å². The quantitative estimate of drug-likeness (QED) is 0.596. The Labute approximate surface area is 178 Å². The van der Waals surface area contributed by atoms with Crippen LogP contribution in [0.5, 0.6) is 5.75 Å². The molecule has 0 aliphatic heterocycles. The van der Waals surface area contributed by atoms with Crippen LogP contribution in [0.1, 0.15) is 60.4 Å². The Morgan fingerprint density at radius 2 is 2.00 bits per heavy atom. The highest BCUT2D eigenvalue weighted by Gasteiger charge is 2.35. The Bertz CT molecular complexity index is 1050. The number of hydrogen-bond donors (Lipinski definition) is 1. The number of carbonyl (C=O) groups is 1. The van der Waals surface area contributed by atoms with E-state index in [2.05, 4.69) is 29.9 Å². The number of Topliss-reactive ketones (excluding diaryl/α,β-unsaturated/α-hetero) is 1. The number of carbonyl (C=O) groups excluding carboxylic acids is 1. The molecule has 0 radical (unpaired) electrons. The van der Waals surface area contributed by atoms with Gasteiger partial charge in [0, 0.05) is 29.4 Å². The second-order valence-corrected chi connectivity index (χ2v) is 8.89. The summed E-state index contributed by atoms with van der Waals surface area (Å²) in [6.07, 6.45) is 4.02. The van der Waals surface area contributed by atoms with E-state index < -0.39 is 0 Å². The van der Waals surface area contributed by atoms with Gasteiger partial charge >= 0.3 is 0 Å². The molecule has 5 nitrogen and oxygen atoms in total. The highest BCUT2D eigenvalue weighted by Crippen LogP contribution is 2.41. The lowest BCUT2D eigenvalue weighted by Crippen LogP contribution is -2.33. The molecule has 1 aliphatic carbocycles. The van der Waals surface area contributed by atoms with Crippen LogP contribution in [0.3, 0.4) is 0 Å². The number of rotatable bonds is 6. The standard InChI is InChI=1S/C25H29N3O2/c1-17(29)19-7-5-6-18(12-19)15-26-23-13-25(2,3)14-24-22(23)16-27-28(24)20-8-10-21(30-4)11-9-20/h5-12,16,23,26H,13-15H2,1-4H3/t23-/m1/s1. The molecule has 1 atom stereocenters. The Kier molecular flexibility index (Phi) is 5.48. The average molecular weight is 404 g/mol. The molecule has 1 heterocycles.